The largest absolute Gasteiger partial charge is 0.345 e. The topological polar surface area (TPSA) is 51.0 Å². The number of hydrogen-bond acceptors (Lipinski definition) is 3. The van der Waals surface area contributed by atoms with Crippen LogP contribution in [0.5, 0.6) is 0 Å². The lowest BCUT2D eigenvalue weighted by Gasteiger charge is -2.26. The van der Waals surface area contributed by atoms with Crippen molar-refractivity contribution >= 4 is 5.91 Å². The summed E-state index contributed by atoms with van der Waals surface area (Å²) in [7, 11) is 1.89. The predicted molar refractivity (Wildman–Crippen MR) is 78.9 cm³/mol. The first-order chi connectivity index (χ1) is 10.2. The molecule has 3 aliphatic rings. The number of likely N-dealkylation sites (tertiary alicyclic amines) is 1. The van der Waals surface area contributed by atoms with Gasteiger partial charge in [-0.3, -0.25) is 4.79 Å². The molecule has 1 spiro atoms. The standard InChI is InChI=1S/C16H24N4O/c1-19-10-12(8-14(19)21)15-18-17-13-9-16(11-20(13)15)6-4-2-3-5-7-16/h12H,2-11H2,1H3. The Kier molecular flexibility index (Phi) is 3.05. The first-order valence-electron chi connectivity index (χ1n) is 8.33. The predicted octanol–water partition coefficient (Wildman–Crippen LogP) is 2.12. The molecule has 0 N–H and O–H groups in total. The number of fused-ring (bicyclic) bond motifs is 1. The minimum Gasteiger partial charge on any atom is -0.345 e. The van der Waals surface area contributed by atoms with Crippen LogP contribution in [0, 0.1) is 5.41 Å². The Morgan fingerprint density at radius 1 is 1.14 bits per heavy atom. The summed E-state index contributed by atoms with van der Waals surface area (Å²) in [4.78, 5) is 13.6. The second-order valence-electron chi connectivity index (χ2n) is 7.33. The molecule has 0 radical (unpaired) electrons. The van der Waals surface area contributed by atoms with E-state index in [0.717, 1.165) is 31.2 Å². The summed E-state index contributed by atoms with van der Waals surface area (Å²) in [5, 5.41) is 8.88. The third kappa shape index (κ3) is 2.17. The average molecular weight is 288 g/mol. The number of carbonyl (C=O) groups excluding carboxylic acids is 1. The number of rotatable bonds is 1. The minimum atomic E-state index is 0.236. The van der Waals surface area contributed by atoms with Crippen molar-refractivity contribution in [2.75, 3.05) is 13.6 Å². The van der Waals surface area contributed by atoms with Gasteiger partial charge in [0.05, 0.1) is 0 Å². The highest BCUT2D eigenvalue weighted by Crippen LogP contribution is 2.44. The molecule has 3 heterocycles. The molecule has 1 aromatic rings. The first kappa shape index (κ1) is 13.3. The van der Waals surface area contributed by atoms with Gasteiger partial charge in [-0.1, -0.05) is 25.7 Å². The Labute approximate surface area is 125 Å². The highest BCUT2D eigenvalue weighted by Gasteiger charge is 2.42. The van der Waals surface area contributed by atoms with Crippen molar-refractivity contribution in [2.24, 2.45) is 5.41 Å². The van der Waals surface area contributed by atoms with E-state index in [1.54, 1.807) is 0 Å². The maximum atomic E-state index is 11.8. The van der Waals surface area contributed by atoms with Crippen LogP contribution in [0.25, 0.3) is 0 Å². The van der Waals surface area contributed by atoms with Crippen molar-refractivity contribution in [1.29, 1.82) is 0 Å². The Morgan fingerprint density at radius 3 is 2.57 bits per heavy atom. The molecular weight excluding hydrogens is 264 g/mol. The molecule has 1 unspecified atom stereocenters. The lowest BCUT2D eigenvalue weighted by atomic mass is 9.79. The zero-order valence-electron chi connectivity index (χ0n) is 12.8. The van der Waals surface area contributed by atoms with Gasteiger partial charge in [0.25, 0.3) is 0 Å². The molecule has 4 rings (SSSR count). The zero-order valence-corrected chi connectivity index (χ0v) is 12.8. The number of aromatic nitrogens is 3. The van der Waals surface area contributed by atoms with E-state index in [1.165, 1.54) is 38.5 Å². The Balaban J connectivity index is 1.58. The molecule has 1 aliphatic carbocycles. The van der Waals surface area contributed by atoms with E-state index in [0.29, 0.717) is 11.8 Å². The number of likely N-dealkylation sites (N-methyl/N-ethyl adjacent to an activating group) is 1. The van der Waals surface area contributed by atoms with Crippen LogP contribution >= 0.6 is 0 Å². The molecule has 1 aromatic heterocycles. The Morgan fingerprint density at radius 2 is 1.90 bits per heavy atom. The highest BCUT2D eigenvalue weighted by atomic mass is 16.2. The molecule has 2 fully saturated rings. The molecule has 0 aromatic carbocycles. The lowest BCUT2D eigenvalue weighted by molar-refractivity contribution is -0.126. The van der Waals surface area contributed by atoms with Crippen molar-refractivity contribution in [1.82, 2.24) is 19.7 Å². The summed E-state index contributed by atoms with van der Waals surface area (Å²) >= 11 is 0. The lowest BCUT2D eigenvalue weighted by Crippen LogP contribution is -2.23. The van der Waals surface area contributed by atoms with E-state index in [9.17, 15) is 4.79 Å². The van der Waals surface area contributed by atoms with E-state index in [1.807, 2.05) is 11.9 Å². The highest BCUT2D eigenvalue weighted by molar-refractivity contribution is 5.79. The molecule has 1 saturated carbocycles. The van der Waals surface area contributed by atoms with Crippen LogP contribution in [0.4, 0.5) is 0 Å². The SMILES string of the molecule is CN1CC(c2nnc3n2CC2(CCCCCC2)C3)CC1=O. The van der Waals surface area contributed by atoms with E-state index in [4.69, 9.17) is 0 Å². The van der Waals surface area contributed by atoms with Crippen LogP contribution in [0.2, 0.25) is 0 Å². The Bertz CT molecular complexity index is 557. The summed E-state index contributed by atoms with van der Waals surface area (Å²) in [6.07, 6.45) is 9.85. The van der Waals surface area contributed by atoms with Crippen molar-refractivity contribution in [3.05, 3.63) is 11.6 Å². The fraction of sp³-hybridized carbons (Fsp3) is 0.812. The van der Waals surface area contributed by atoms with Crippen molar-refractivity contribution < 1.29 is 4.79 Å². The molecule has 0 bridgehead atoms. The van der Waals surface area contributed by atoms with Gasteiger partial charge in [-0.25, -0.2) is 0 Å². The van der Waals surface area contributed by atoms with Gasteiger partial charge >= 0.3 is 0 Å². The molecular formula is C16H24N4O. The van der Waals surface area contributed by atoms with Gasteiger partial charge in [0, 0.05) is 38.9 Å². The maximum Gasteiger partial charge on any atom is 0.223 e. The number of carbonyl (C=O) groups is 1. The van der Waals surface area contributed by atoms with Crippen molar-refractivity contribution in [3.8, 4) is 0 Å². The Hall–Kier alpha value is -1.39. The van der Waals surface area contributed by atoms with Crippen molar-refractivity contribution in [2.45, 2.75) is 63.8 Å². The summed E-state index contributed by atoms with van der Waals surface area (Å²) in [6, 6.07) is 0. The van der Waals surface area contributed by atoms with Gasteiger partial charge in [0.15, 0.2) is 0 Å². The van der Waals surface area contributed by atoms with Gasteiger partial charge in [-0.15, -0.1) is 10.2 Å². The molecule has 2 aliphatic heterocycles. The third-order valence-electron chi connectivity index (χ3n) is 5.75. The van der Waals surface area contributed by atoms with Gasteiger partial charge in [-0.2, -0.15) is 0 Å². The summed E-state index contributed by atoms with van der Waals surface area (Å²) in [6.45, 7) is 1.88. The monoisotopic (exact) mass is 288 g/mol. The second-order valence-corrected chi connectivity index (χ2v) is 7.33. The first-order valence-corrected chi connectivity index (χ1v) is 8.33. The van der Waals surface area contributed by atoms with Gasteiger partial charge in [0.2, 0.25) is 5.91 Å². The number of nitrogens with zero attached hydrogens (tertiary/aromatic N) is 4. The van der Waals surface area contributed by atoms with Crippen LogP contribution in [0.3, 0.4) is 0 Å². The molecule has 5 nitrogen and oxygen atoms in total. The van der Waals surface area contributed by atoms with Gasteiger partial charge < -0.3 is 9.47 Å². The molecule has 21 heavy (non-hydrogen) atoms. The second kappa shape index (κ2) is 4.82. The summed E-state index contributed by atoms with van der Waals surface area (Å²) < 4.78 is 2.35. The molecule has 1 atom stereocenters. The zero-order chi connectivity index (χ0) is 14.4. The summed E-state index contributed by atoms with van der Waals surface area (Å²) in [5.74, 6) is 2.70. The van der Waals surface area contributed by atoms with Crippen LogP contribution < -0.4 is 0 Å². The maximum absolute atomic E-state index is 11.8. The van der Waals surface area contributed by atoms with E-state index < -0.39 is 0 Å². The summed E-state index contributed by atoms with van der Waals surface area (Å²) in [5.41, 5.74) is 0.436. The van der Waals surface area contributed by atoms with E-state index in [-0.39, 0.29) is 11.8 Å². The molecule has 1 saturated heterocycles. The van der Waals surface area contributed by atoms with Crippen molar-refractivity contribution in [3.63, 3.8) is 0 Å². The average Bonchev–Trinajstić information content (AvgIpc) is 3.00. The minimum absolute atomic E-state index is 0.236. The van der Waals surface area contributed by atoms with Gasteiger partial charge in [-0.05, 0) is 18.3 Å². The smallest absolute Gasteiger partial charge is 0.223 e. The molecule has 5 heteroatoms. The van der Waals surface area contributed by atoms with Crippen LogP contribution in [-0.4, -0.2) is 39.2 Å². The van der Waals surface area contributed by atoms with Crippen LogP contribution in [0.15, 0.2) is 0 Å². The fourth-order valence-corrected chi connectivity index (χ4v) is 4.53. The van der Waals surface area contributed by atoms with Crippen LogP contribution in [0.1, 0.15) is 62.5 Å². The third-order valence-corrected chi connectivity index (χ3v) is 5.75. The van der Waals surface area contributed by atoms with Crippen LogP contribution in [-0.2, 0) is 17.8 Å². The number of amides is 1. The van der Waals surface area contributed by atoms with E-state index >= 15 is 0 Å². The molecule has 1 amide bonds. The quantitative estimate of drug-likeness (QED) is 0.795. The van der Waals surface area contributed by atoms with Gasteiger partial charge in [0.1, 0.15) is 11.6 Å². The number of hydrogen-bond donors (Lipinski definition) is 0. The fourth-order valence-electron chi connectivity index (χ4n) is 4.53. The normalized spacial score (nSPS) is 28.1. The molecule has 114 valence electrons. The van der Waals surface area contributed by atoms with E-state index in [2.05, 4.69) is 14.8 Å².